The predicted octanol–water partition coefficient (Wildman–Crippen LogP) is 3.13. The molecule has 3 rings (SSSR count). The van der Waals surface area contributed by atoms with Gasteiger partial charge in [-0.15, -0.1) is 11.3 Å². The summed E-state index contributed by atoms with van der Waals surface area (Å²) in [6.07, 6.45) is 2.40. The zero-order chi connectivity index (χ0) is 18.2. The van der Waals surface area contributed by atoms with Crippen molar-refractivity contribution in [1.29, 1.82) is 0 Å². The van der Waals surface area contributed by atoms with Crippen LogP contribution in [-0.2, 0) is 4.79 Å². The second-order valence-electron chi connectivity index (χ2n) is 6.42. The molecule has 1 aliphatic rings. The van der Waals surface area contributed by atoms with Crippen LogP contribution < -0.4 is 14.8 Å². The van der Waals surface area contributed by atoms with Crippen molar-refractivity contribution in [3.05, 3.63) is 46.7 Å². The van der Waals surface area contributed by atoms with Gasteiger partial charge >= 0.3 is 0 Å². The van der Waals surface area contributed by atoms with Gasteiger partial charge in [-0.1, -0.05) is 18.2 Å². The Kier molecular flexibility index (Phi) is 6.91. The highest BCUT2D eigenvalue weighted by Gasteiger charge is 2.20. The number of hydrogen-bond donors (Lipinski definition) is 1. The quantitative estimate of drug-likeness (QED) is 0.771. The van der Waals surface area contributed by atoms with Gasteiger partial charge in [-0.05, 0) is 55.4 Å². The van der Waals surface area contributed by atoms with E-state index in [2.05, 4.69) is 27.7 Å². The van der Waals surface area contributed by atoms with E-state index in [0.717, 1.165) is 19.6 Å². The summed E-state index contributed by atoms with van der Waals surface area (Å²) in [5.74, 6) is 1.81. The molecule has 0 aliphatic carbocycles. The van der Waals surface area contributed by atoms with Crippen molar-refractivity contribution in [2.45, 2.75) is 18.8 Å². The van der Waals surface area contributed by atoms with Crippen molar-refractivity contribution in [2.24, 2.45) is 0 Å². The Balaban J connectivity index is 1.32. The molecule has 0 saturated carbocycles. The summed E-state index contributed by atoms with van der Waals surface area (Å²) in [5.41, 5.74) is 0. The molecule has 1 fully saturated rings. The standard InChI is InChI=1S/C20H26N2O3S/c1-24-17-5-2-3-6-18(17)25-15-20(23)21-10-13-22-11-8-16(9-12-22)19-7-4-14-26-19/h2-7,14,16H,8-13,15H2,1H3,(H,21,23). The summed E-state index contributed by atoms with van der Waals surface area (Å²) in [6, 6.07) is 11.7. The molecular formula is C20H26N2O3S. The fourth-order valence-corrected chi connectivity index (χ4v) is 4.15. The van der Waals surface area contributed by atoms with Gasteiger partial charge in [0.15, 0.2) is 18.1 Å². The average molecular weight is 375 g/mol. The van der Waals surface area contributed by atoms with E-state index in [-0.39, 0.29) is 12.5 Å². The van der Waals surface area contributed by atoms with Crippen LogP contribution in [-0.4, -0.2) is 50.7 Å². The molecule has 5 nitrogen and oxygen atoms in total. The van der Waals surface area contributed by atoms with Crippen LogP contribution in [0.25, 0.3) is 0 Å². The summed E-state index contributed by atoms with van der Waals surface area (Å²) in [7, 11) is 1.59. The van der Waals surface area contributed by atoms with Crippen LogP contribution in [0.4, 0.5) is 0 Å². The minimum Gasteiger partial charge on any atom is -0.493 e. The third-order valence-corrected chi connectivity index (χ3v) is 5.75. The van der Waals surface area contributed by atoms with Crippen LogP contribution in [0, 0.1) is 0 Å². The topological polar surface area (TPSA) is 50.8 Å². The fourth-order valence-electron chi connectivity index (χ4n) is 3.25. The summed E-state index contributed by atoms with van der Waals surface area (Å²) in [5, 5.41) is 5.09. The van der Waals surface area contributed by atoms with E-state index in [4.69, 9.17) is 9.47 Å². The lowest BCUT2D eigenvalue weighted by molar-refractivity contribution is -0.123. The number of amides is 1. The Bertz CT molecular complexity index is 682. The maximum Gasteiger partial charge on any atom is 0.257 e. The molecule has 6 heteroatoms. The van der Waals surface area contributed by atoms with Crippen LogP contribution in [0.2, 0.25) is 0 Å². The highest BCUT2D eigenvalue weighted by Crippen LogP contribution is 2.30. The Morgan fingerprint density at radius 2 is 1.96 bits per heavy atom. The molecule has 0 spiro atoms. The molecule has 0 radical (unpaired) electrons. The third kappa shape index (κ3) is 5.22. The first-order chi connectivity index (χ1) is 12.8. The Labute approximate surface area is 158 Å². The number of benzene rings is 1. The van der Waals surface area contributed by atoms with Gasteiger partial charge in [0.2, 0.25) is 0 Å². The Morgan fingerprint density at radius 1 is 1.19 bits per heavy atom. The first-order valence-electron chi connectivity index (χ1n) is 9.04. The highest BCUT2D eigenvalue weighted by molar-refractivity contribution is 7.10. The number of carbonyl (C=O) groups excluding carboxylic acids is 1. The lowest BCUT2D eigenvalue weighted by atomic mass is 9.95. The van der Waals surface area contributed by atoms with Gasteiger partial charge in [0.25, 0.3) is 5.91 Å². The van der Waals surface area contributed by atoms with Crippen molar-refractivity contribution in [3.63, 3.8) is 0 Å². The zero-order valence-corrected chi connectivity index (χ0v) is 16.0. The summed E-state index contributed by atoms with van der Waals surface area (Å²) in [4.78, 5) is 15.9. The van der Waals surface area contributed by atoms with E-state index in [1.807, 2.05) is 29.5 Å². The fraction of sp³-hybridized carbons (Fsp3) is 0.450. The third-order valence-electron chi connectivity index (χ3n) is 4.71. The van der Waals surface area contributed by atoms with E-state index < -0.39 is 0 Å². The van der Waals surface area contributed by atoms with Crippen LogP contribution in [0.15, 0.2) is 41.8 Å². The molecule has 1 amide bonds. The van der Waals surface area contributed by atoms with Gasteiger partial charge in [0.1, 0.15) is 0 Å². The lowest BCUT2D eigenvalue weighted by Crippen LogP contribution is -2.40. The largest absolute Gasteiger partial charge is 0.493 e. The minimum absolute atomic E-state index is 0.000819. The first kappa shape index (κ1) is 18.7. The number of nitrogens with zero attached hydrogens (tertiary/aromatic N) is 1. The molecule has 1 aromatic carbocycles. The molecule has 0 atom stereocenters. The molecule has 2 heterocycles. The first-order valence-corrected chi connectivity index (χ1v) is 9.92. The molecule has 1 aliphatic heterocycles. The van der Waals surface area contributed by atoms with Crippen molar-refractivity contribution in [3.8, 4) is 11.5 Å². The van der Waals surface area contributed by atoms with Crippen LogP contribution in [0.1, 0.15) is 23.6 Å². The molecule has 140 valence electrons. The average Bonchev–Trinajstić information content (AvgIpc) is 3.22. The Hall–Kier alpha value is -2.05. The number of carbonyl (C=O) groups is 1. The Morgan fingerprint density at radius 3 is 2.65 bits per heavy atom. The minimum atomic E-state index is -0.107. The predicted molar refractivity (Wildman–Crippen MR) is 104 cm³/mol. The molecule has 1 saturated heterocycles. The number of ether oxygens (including phenoxy) is 2. The van der Waals surface area contributed by atoms with Gasteiger partial charge in [-0.3, -0.25) is 4.79 Å². The number of rotatable bonds is 8. The van der Waals surface area contributed by atoms with E-state index in [0.29, 0.717) is 24.0 Å². The second kappa shape index (κ2) is 9.59. The number of piperidine rings is 1. The summed E-state index contributed by atoms with van der Waals surface area (Å²) < 4.78 is 10.7. The number of likely N-dealkylation sites (tertiary alicyclic amines) is 1. The van der Waals surface area contributed by atoms with Gasteiger partial charge in [-0.25, -0.2) is 0 Å². The van der Waals surface area contributed by atoms with Gasteiger partial charge in [0.05, 0.1) is 7.11 Å². The summed E-state index contributed by atoms with van der Waals surface area (Å²) in [6.45, 7) is 3.72. The van der Waals surface area contributed by atoms with E-state index >= 15 is 0 Å². The number of thiophene rings is 1. The zero-order valence-electron chi connectivity index (χ0n) is 15.1. The molecular weight excluding hydrogens is 348 g/mol. The van der Waals surface area contributed by atoms with E-state index in [1.54, 1.807) is 13.2 Å². The number of hydrogen-bond acceptors (Lipinski definition) is 5. The van der Waals surface area contributed by atoms with Gasteiger partial charge in [0, 0.05) is 18.0 Å². The van der Waals surface area contributed by atoms with E-state index in [9.17, 15) is 4.79 Å². The molecule has 0 unspecified atom stereocenters. The summed E-state index contributed by atoms with van der Waals surface area (Å²) >= 11 is 1.86. The van der Waals surface area contributed by atoms with Crippen molar-refractivity contribution >= 4 is 17.2 Å². The van der Waals surface area contributed by atoms with Crippen LogP contribution >= 0.6 is 11.3 Å². The molecule has 26 heavy (non-hydrogen) atoms. The van der Waals surface area contributed by atoms with Crippen LogP contribution in [0.5, 0.6) is 11.5 Å². The number of methoxy groups -OCH3 is 1. The SMILES string of the molecule is COc1ccccc1OCC(=O)NCCN1CCC(c2cccs2)CC1. The van der Waals surface area contributed by atoms with Crippen molar-refractivity contribution in [1.82, 2.24) is 10.2 Å². The maximum atomic E-state index is 12.0. The van der Waals surface area contributed by atoms with Crippen LogP contribution in [0.3, 0.4) is 0 Å². The van der Waals surface area contributed by atoms with Crippen molar-refractivity contribution < 1.29 is 14.3 Å². The normalized spacial score (nSPS) is 15.6. The smallest absolute Gasteiger partial charge is 0.257 e. The molecule has 1 aromatic heterocycles. The second-order valence-corrected chi connectivity index (χ2v) is 7.40. The van der Waals surface area contributed by atoms with Gasteiger partial charge < -0.3 is 19.7 Å². The highest BCUT2D eigenvalue weighted by atomic mass is 32.1. The number of para-hydroxylation sites is 2. The monoisotopic (exact) mass is 374 g/mol. The van der Waals surface area contributed by atoms with Crippen molar-refractivity contribution in [2.75, 3.05) is 39.9 Å². The maximum absolute atomic E-state index is 12.0. The van der Waals surface area contributed by atoms with E-state index in [1.165, 1.54) is 17.7 Å². The molecule has 0 bridgehead atoms. The lowest BCUT2D eigenvalue weighted by Gasteiger charge is -2.31. The van der Waals surface area contributed by atoms with Gasteiger partial charge in [-0.2, -0.15) is 0 Å². The molecule has 2 aromatic rings. The molecule has 1 N–H and O–H groups in total. The number of nitrogens with one attached hydrogen (secondary N) is 1.